The van der Waals surface area contributed by atoms with Crippen LogP contribution in [0.2, 0.25) is 0 Å². The maximum absolute atomic E-state index is 12.9. The third kappa shape index (κ3) is 3.05. The van der Waals surface area contributed by atoms with Crippen molar-refractivity contribution in [1.82, 2.24) is 14.7 Å². The number of aryl methyl sites for hydroxylation is 2. The van der Waals surface area contributed by atoms with E-state index >= 15 is 0 Å². The molecule has 1 fully saturated rings. The molecule has 130 valence electrons. The van der Waals surface area contributed by atoms with E-state index in [1.54, 1.807) is 6.26 Å². The van der Waals surface area contributed by atoms with Crippen molar-refractivity contribution in [3.8, 4) is 0 Å². The lowest BCUT2D eigenvalue weighted by atomic mass is 10.1. The number of hydrogen-bond donors (Lipinski definition) is 0. The van der Waals surface area contributed by atoms with E-state index < -0.39 is 0 Å². The summed E-state index contributed by atoms with van der Waals surface area (Å²) in [7, 11) is 0. The highest BCUT2D eigenvalue weighted by Gasteiger charge is 2.27. The van der Waals surface area contributed by atoms with E-state index in [1.165, 1.54) is 0 Å². The molecule has 25 heavy (non-hydrogen) atoms. The second kappa shape index (κ2) is 6.37. The van der Waals surface area contributed by atoms with Crippen molar-refractivity contribution in [2.75, 3.05) is 19.7 Å². The predicted octanol–water partition coefficient (Wildman–Crippen LogP) is 2.79. The number of amides is 1. The maximum Gasteiger partial charge on any atom is 0.257 e. The number of rotatable bonds is 3. The summed E-state index contributed by atoms with van der Waals surface area (Å²) in [4.78, 5) is 14.8. The zero-order chi connectivity index (χ0) is 17.4. The number of morpholine rings is 1. The summed E-state index contributed by atoms with van der Waals surface area (Å²) >= 11 is 0. The van der Waals surface area contributed by atoms with E-state index in [1.807, 2.05) is 53.8 Å². The Bertz CT molecular complexity index is 912. The minimum atomic E-state index is -0.0612. The smallest absolute Gasteiger partial charge is 0.257 e. The number of aromatic nitrogens is 2. The average molecular weight is 339 g/mol. The minimum Gasteiger partial charge on any atom is -0.463 e. The Morgan fingerprint density at radius 2 is 2.16 bits per heavy atom. The Morgan fingerprint density at radius 1 is 1.32 bits per heavy atom. The fraction of sp³-hybridized carbons (Fsp3) is 0.368. The molecule has 1 unspecified atom stereocenters. The number of carbonyl (C=O) groups is 1. The number of hydrogen-bond acceptors (Lipinski definition) is 4. The van der Waals surface area contributed by atoms with Crippen LogP contribution in [0.5, 0.6) is 0 Å². The van der Waals surface area contributed by atoms with Crippen molar-refractivity contribution < 1.29 is 13.9 Å². The second-order valence-electron chi connectivity index (χ2n) is 6.50. The van der Waals surface area contributed by atoms with Crippen LogP contribution >= 0.6 is 0 Å². The molecular weight excluding hydrogens is 318 g/mol. The molecule has 4 rings (SSSR count). The maximum atomic E-state index is 12.9. The fourth-order valence-electron chi connectivity index (χ4n) is 3.38. The summed E-state index contributed by atoms with van der Waals surface area (Å²) in [5, 5.41) is 5.34. The van der Waals surface area contributed by atoms with Crippen molar-refractivity contribution in [2.45, 2.75) is 26.5 Å². The summed E-state index contributed by atoms with van der Waals surface area (Å²) in [6, 6.07) is 9.65. The number of ether oxygens (including phenoxy) is 1. The van der Waals surface area contributed by atoms with E-state index in [2.05, 4.69) is 5.10 Å². The molecule has 1 aliphatic heterocycles. The molecule has 6 nitrogen and oxygen atoms in total. The quantitative estimate of drug-likeness (QED) is 0.736. The Morgan fingerprint density at radius 3 is 2.96 bits per heavy atom. The normalized spacial score (nSPS) is 18.0. The molecule has 0 radical (unpaired) electrons. The molecule has 0 spiro atoms. The van der Waals surface area contributed by atoms with E-state index in [-0.39, 0.29) is 12.0 Å². The lowest BCUT2D eigenvalue weighted by Gasteiger charge is -2.33. The van der Waals surface area contributed by atoms with E-state index in [9.17, 15) is 4.79 Å². The molecule has 1 amide bonds. The van der Waals surface area contributed by atoms with Crippen molar-refractivity contribution in [3.63, 3.8) is 0 Å². The second-order valence-corrected chi connectivity index (χ2v) is 6.50. The summed E-state index contributed by atoms with van der Waals surface area (Å²) in [6.07, 6.45) is 1.49. The van der Waals surface area contributed by atoms with E-state index in [4.69, 9.17) is 9.15 Å². The topological polar surface area (TPSA) is 60.5 Å². The predicted molar refractivity (Wildman–Crippen MR) is 93.6 cm³/mol. The van der Waals surface area contributed by atoms with Gasteiger partial charge in [-0.1, -0.05) is 18.2 Å². The van der Waals surface area contributed by atoms with Crippen molar-refractivity contribution in [2.24, 2.45) is 0 Å². The average Bonchev–Trinajstić information content (AvgIpc) is 3.17. The number of fused-ring (bicyclic) bond motifs is 1. The number of nitrogens with zero attached hydrogens (tertiary/aromatic N) is 3. The third-order valence-corrected chi connectivity index (χ3v) is 4.62. The molecule has 1 aliphatic rings. The molecule has 0 aliphatic carbocycles. The standard InChI is InChI=1S/C19H21N3O3/c1-13-9-14(2)22(20-13)11-15-10-21(7-8-24-15)19(23)17-12-25-18-6-4-3-5-16(17)18/h3-6,9,12,15H,7-8,10-11H2,1-2H3. The third-order valence-electron chi connectivity index (χ3n) is 4.62. The van der Waals surface area contributed by atoms with Gasteiger partial charge < -0.3 is 14.1 Å². The molecule has 0 bridgehead atoms. The Labute approximate surface area is 146 Å². The van der Waals surface area contributed by atoms with Gasteiger partial charge in [0.25, 0.3) is 5.91 Å². The van der Waals surface area contributed by atoms with Gasteiger partial charge in [0, 0.05) is 24.2 Å². The van der Waals surface area contributed by atoms with Crippen molar-refractivity contribution >= 4 is 16.9 Å². The summed E-state index contributed by atoms with van der Waals surface area (Å²) in [5.74, 6) is -0.00776. The largest absolute Gasteiger partial charge is 0.463 e. The van der Waals surface area contributed by atoms with Crippen LogP contribution in [0.15, 0.2) is 41.0 Å². The van der Waals surface area contributed by atoms with Crippen molar-refractivity contribution in [3.05, 3.63) is 53.5 Å². The number of carbonyl (C=O) groups excluding carboxylic acids is 1. The first-order chi connectivity index (χ1) is 12.1. The van der Waals surface area contributed by atoms with Gasteiger partial charge in [-0.2, -0.15) is 5.10 Å². The highest BCUT2D eigenvalue weighted by molar-refractivity contribution is 6.05. The van der Waals surface area contributed by atoms with Crippen LogP contribution in [-0.2, 0) is 11.3 Å². The van der Waals surface area contributed by atoms with Crippen LogP contribution in [0, 0.1) is 13.8 Å². The van der Waals surface area contributed by atoms with Gasteiger partial charge in [-0.05, 0) is 26.0 Å². The molecular formula is C19H21N3O3. The van der Waals surface area contributed by atoms with Gasteiger partial charge in [0.05, 0.1) is 30.5 Å². The summed E-state index contributed by atoms with van der Waals surface area (Å²) in [6.45, 7) is 6.33. The Balaban J connectivity index is 1.51. The van der Waals surface area contributed by atoms with Crippen LogP contribution in [0.3, 0.4) is 0 Å². The van der Waals surface area contributed by atoms with Crippen LogP contribution in [0.4, 0.5) is 0 Å². The molecule has 6 heteroatoms. The summed E-state index contributed by atoms with van der Waals surface area (Å²) in [5.41, 5.74) is 3.44. The minimum absolute atomic E-state index is 0.00776. The van der Waals surface area contributed by atoms with Crippen LogP contribution in [0.1, 0.15) is 21.7 Å². The van der Waals surface area contributed by atoms with E-state index in [0.29, 0.717) is 31.8 Å². The molecule has 0 N–H and O–H groups in total. The van der Waals surface area contributed by atoms with Crippen LogP contribution < -0.4 is 0 Å². The number of furan rings is 1. The Kier molecular flexibility index (Phi) is 4.05. The zero-order valence-corrected chi connectivity index (χ0v) is 14.4. The first kappa shape index (κ1) is 15.9. The van der Waals surface area contributed by atoms with Gasteiger partial charge in [0.1, 0.15) is 11.8 Å². The lowest BCUT2D eigenvalue weighted by molar-refractivity contribution is -0.0302. The van der Waals surface area contributed by atoms with Gasteiger partial charge in [-0.3, -0.25) is 9.48 Å². The van der Waals surface area contributed by atoms with Gasteiger partial charge in [-0.15, -0.1) is 0 Å². The van der Waals surface area contributed by atoms with Gasteiger partial charge >= 0.3 is 0 Å². The monoisotopic (exact) mass is 339 g/mol. The first-order valence-corrected chi connectivity index (χ1v) is 8.50. The first-order valence-electron chi connectivity index (χ1n) is 8.50. The molecule has 2 aromatic heterocycles. The molecule has 3 aromatic rings. The van der Waals surface area contributed by atoms with Gasteiger partial charge in [0.15, 0.2) is 0 Å². The van der Waals surface area contributed by atoms with Crippen molar-refractivity contribution in [1.29, 1.82) is 0 Å². The molecule has 3 heterocycles. The lowest BCUT2D eigenvalue weighted by Crippen LogP contribution is -2.47. The Hall–Kier alpha value is -2.60. The fourth-order valence-corrected chi connectivity index (χ4v) is 3.38. The van der Waals surface area contributed by atoms with Crippen LogP contribution in [-0.4, -0.2) is 46.4 Å². The van der Waals surface area contributed by atoms with E-state index in [0.717, 1.165) is 22.4 Å². The van der Waals surface area contributed by atoms with Crippen LogP contribution in [0.25, 0.3) is 11.0 Å². The molecule has 1 atom stereocenters. The zero-order valence-electron chi connectivity index (χ0n) is 14.4. The molecule has 1 saturated heterocycles. The van der Waals surface area contributed by atoms with Gasteiger partial charge in [0.2, 0.25) is 0 Å². The highest BCUT2D eigenvalue weighted by atomic mass is 16.5. The number of benzene rings is 1. The molecule has 0 saturated carbocycles. The molecule has 1 aromatic carbocycles. The highest BCUT2D eigenvalue weighted by Crippen LogP contribution is 2.23. The number of para-hydroxylation sites is 1. The SMILES string of the molecule is Cc1cc(C)n(CC2CN(C(=O)c3coc4ccccc34)CCO2)n1. The summed E-state index contributed by atoms with van der Waals surface area (Å²) < 4.78 is 13.3. The van der Waals surface area contributed by atoms with Gasteiger partial charge in [-0.25, -0.2) is 0 Å².